The Morgan fingerprint density at radius 2 is 1.87 bits per heavy atom. The van der Waals surface area contributed by atoms with Gasteiger partial charge in [-0.15, -0.1) is 0 Å². The number of carbonyl (C=O) groups is 3. The summed E-state index contributed by atoms with van der Waals surface area (Å²) in [7, 11) is 2.96. The van der Waals surface area contributed by atoms with E-state index in [0.29, 0.717) is 5.75 Å². The monoisotopic (exact) mass is 320 g/mol. The zero-order valence-corrected chi connectivity index (χ0v) is 13.3. The lowest BCUT2D eigenvalue weighted by atomic mass is 10.0. The van der Waals surface area contributed by atoms with Crippen molar-refractivity contribution in [3.8, 4) is 5.75 Å². The van der Waals surface area contributed by atoms with Crippen molar-refractivity contribution >= 4 is 17.8 Å². The van der Waals surface area contributed by atoms with Crippen molar-refractivity contribution in [1.29, 1.82) is 0 Å². The lowest BCUT2D eigenvalue weighted by Crippen LogP contribution is -2.46. The lowest BCUT2D eigenvalue weighted by molar-refractivity contribution is -0.135. The Kier molecular flexibility index (Phi) is 6.32. The third-order valence-electron chi connectivity index (χ3n) is 3.41. The number of benzene rings is 1. The van der Waals surface area contributed by atoms with Gasteiger partial charge in [-0.2, -0.15) is 0 Å². The molecular formula is C16H20N2O5. The molecule has 0 radical (unpaired) electrons. The van der Waals surface area contributed by atoms with Gasteiger partial charge < -0.3 is 20.5 Å². The first-order chi connectivity index (χ1) is 10.8. The van der Waals surface area contributed by atoms with E-state index in [-0.39, 0.29) is 12.0 Å². The van der Waals surface area contributed by atoms with Gasteiger partial charge >= 0.3 is 5.97 Å². The van der Waals surface area contributed by atoms with E-state index in [9.17, 15) is 14.4 Å². The van der Waals surface area contributed by atoms with Crippen molar-refractivity contribution in [2.75, 3.05) is 14.2 Å². The number of nitrogens with zero attached hydrogens (tertiary/aromatic N) is 1. The Morgan fingerprint density at radius 3 is 2.30 bits per heavy atom. The van der Waals surface area contributed by atoms with E-state index in [2.05, 4.69) is 0 Å². The molecule has 7 heteroatoms. The molecule has 0 unspecified atom stereocenters. The standard InChI is InChI=1S/C16H20N2O5/c1-10(16(21)22)8-14(19)18(2)13(15(17)20)9-11-4-6-12(23-3)7-5-11/h4-8,13H,9H2,1-3H3,(H2,17,20)(H,21,22)/t13-/m0/s1. The van der Waals surface area contributed by atoms with Gasteiger partial charge in [0, 0.05) is 25.1 Å². The summed E-state index contributed by atoms with van der Waals surface area (Å²) in [4.78, 5) is 35.6. The maximum absolute atomic E-state index is 12.1. The maximum Gasteiger partial charge on any atom is 0.331 e. The van der Waals surface area contributed by atoms with Gasteiger partial charge in [-0.05, 0) is 24.6 Å². The van der Waals surface area contributed by atoms with E-state index in [1.165, 1.54) is 14.0 Å². The van der Waals surface area contributed by atoms with Crippen LogP contribution in [0, 0.1) is 0 Å². The number of rotatable bonds is 7. The van der Waals surface area contributed by atoms with Gasteiger partial charge in [0.1, 0.15) is 11.8 Å². The zero-order valence-electron chi connectivity index (χ0n) is 13.3. The number of ether oxygens (including phenoxy) is 1. The number of carbonyl (C=O) groups excluding carboxylic acids is 2. The number of aliphatic carboxylic acids is 1. The molecule has 0 aliphatic heterocycles. The number of nitrogens with two attached hydrogens (primary N) is 1. The minimum atomic E-state index is -1.20. The van der Waals surface area contributed by atoms with Crippen LogP contribution in [-0.4, -0.2) is 48.0 Å². The summed E-state index contributed by atoms with van der Waals surface area (Å²) >= 11 is 0. The highest BCUT2D eigenvalue weighted by Gasteiger charge is 2.24. The van der Waals surface area contributed by atoms with E-state index in [4.69, 9.17) is 15.6 Å². The van der Waals surface area contributed by atoms with E-state index in [1.807, 2.05) is 0 Å². The van der Waals surface area contributed by atoms with Crippen LogP contribution in [0.4, 0.5) is 0 Å². The van der Waals surface area contributed by atoms with Gasteiger partial charge in [0.15, 0.2) is 0 Å². The van der Waals surface area contributed by atoms with E-state index < -0.39 is 23.8 Å². The van der Waals surface area contributed by atoms with Crippen molar-refractivity contribution in [2.45, 2.75) is 19.4 Å². The molecule has 0 heterocycles. The fourth-order valence-electron chi connectivity index (χ4n) is 1.92. The minimum Gasteiger partial charge on any atom is -0.497 e. The normalized spacial score (nSPS) is 12.4. The predicted octanol–water partition coefficient (Wildman–Crippen LogP) is 0.581. The topological polar surface area (TPSA) is 110 Å². The number of primary amides is 1. The number of amides is 2. The molecule has 0 aliphatic carbocycles. The summed E-state index contributed by atoms with van der Waals surface area (Å²) in [6.45, 7) is 1.30. The number of hydrogen-bond donors (Lipinski definition) is 2. The van der Waals surface area contributed by atoms with Crippen LogP contribution in [0.3, 0.4) is 0 Å². The van der Waals surface area contributed by atoms with E-state index >= 15 is 0 Å². The van der Waals surface area contributed by atoms with Gasteiger partial charge in [0.25, 0.3) is 0 Å². The number of carboxylic acids is 1. The van der Waals surface area contributed by atoms with Crippen LogP contribution in [0.25, 0.3) is 0 Å². The number of carboxylic acid groups (broad SMARTS) is 1. The molecule has 0 aromatic heterocycles. The van der Waals surface area contributed by atoms with Crippen LogP contribution >= 0.6 is 0 Å². The first-order valence-electron chi connectivity index (χ1n) is 6.87. The SMILES string of the molecule is COc1ccc(C[C@@H](C(N)=O)N(C)C(=O)C=C(C)C(=O)O)cc1. The molecule has 1 atom stereocenters. The van der Waals surface area contributed by atoms with Crippen LogP contribution in [0.15, 0.2) is 35.9 Å². The molecule has 1 aromatic rings. The van der Waals surface area contributed by atoms with Gasteiger partial charge in [-0.25, -0.2) is 4.79 Å². The van der Waals surface area contributed by atoms with Crippen molar-refractivity contribution in [3.63, 3.8) is 0 Å². The zero-order chi connectivity index (χ0) is 17.6. The number of likely N-dealkylation sites (N-methyl/N-ethyl adjacent to an activating group) is 1. The van der Waals surface area contributed by atoms with Gasteiger partial charge in [-0.3, -0.25) is 9.59 Å². The Labute approximate surface area is 134 Å². The highest BCUT2D eigenvalue weighted by molar-refractivity contribution is 5.98. The smallest absolute Gasteiger partial charge is 0.331 e. The molecule has 0 saturated heterocycles. The molecule has 23 heavy (non-hydrogen) atoms. The van der Waals surface area contributed by atoms with Crippen LogP contribution in [0.1, 0.15) is 12.5 Å². The molecule has 1 rings (SSSR count). The molecule has 2 amide bonds. The minimum absolute atomic E-state index is 0.116. The third kappa shape index (κ3) is 5.14. The van der Waals surface area contributed by atoms with Crippen molar-refractivity contribution < 1.29 is 24.2 Å². The molecule has 0 spiro atoms. The first-order valence-corrected chi connectivity index (χ1v) is 6.87. The summed E-state index contributed by atoms with van der Waals surface area (Å²) in [6, 6.07) is 6.14. The quantitative estimate of drug-likeness (QED) is 0.714. The maximum atomic E-state index is 12.1. The second-order valence-corrected chi connectivity index (χ2v) is 5.05. The van der Waals surface area contributed by atoms with Gasteiger partial charge in [0.2, 0.25) is 11.8 Å². The van der Waals surface area contributed by atoms with Crippen molar-refractivity contribution in [3.05, 3.63) is 41.5 Å². The Balaban J connectivity index is 2.92. The average molecular weight is 320 g/mol. The van der Waals surface area contributed by atoms with E-state index in [1.54, 1.807) is 31.4 Å². The van der Waals surface area contributed by atoms with Crippen LogP contribution in [0.5, 0.6) is 5.75 Å². The Morgan fingerprint density at radius 1 is 1.30 bits per heavy atom. The second kappa shape index (κ2) is 7.98. The first kappa shape index (κ1) is 18.2. The Bertz CT molecular complexity index is 622. The van der Waals surface area contributed by atoms with Crippen LogP contribution in [0.2, 0.25) is 0 Å². The molecule has 0 bridgehead atoms. The summed E-state index contributed by atoms with van der Waals surface area (Å²) in [6.07, 6.45) is 1.19. The predicted molar refractivity (Wildman–Crippen MR) is 83.8 cm³/mol. The molecule has 0 fully saturated rings. The van der Waals surface area contributed by atoms with Crippen LogP contribution < -0.4 is 10.5 Å². The molecule has 3 N–H and O–H groups in total. The lowest BCUT2D eigenvalue weighted by Gasteiger charge is -2.25. The highest BCUT2D eigenvalue weighted by atomic mass is 16.5. The third-order valence-corrected chi connectivity index (χ3v) is 3.41. The molecule has 0 aliphatic rings. The van der Waals surface area contributed by atoms with Crippen molar-refractivity contribution in [1.82, 2.24) is 4.90 Å². The molecular weight excluding hydrogens is 300 g/mol. The highest BCUT2D eigenvalue weighted by Crippen LogP contribution is 2.14. The van der Waals surface area contributed by atoms with Gasteiger partial charge in [-0.1, -0.05) is 12.1 Å². The fourth-order valence-corrected chi connectivity index (χ4v) is 1.92. The number of methoxy groups -OCH3 is 1. The Hall–Kier alpha value is -2.83. The second-order valence-electron chi connectivity index (χ2n) is 5.05. The summed E-state index contributed by atoms with van der Waals surface area (Å²) in [5, 5.41) is 8.80. The van der Waals surface area contributed by atoms with E-state index in [0.717, 1.165) is 16.5 Å². The average Bonchev–Trinajstić information content (AvgIpc) is 2.51. The van der Waals surface area contributed by atoms with Crippen molar-refractivity contribution in [2.24, 2.45) is 5.73 Å². The van der Waals surface area contributed by atoms with Crippen LogP contribution in [-0.2, 0) is 20.8 Å². The molecule has 7 nitrogen and oxygen atoms in total. The summed E-state index contributed by atoms with van der Waals surface area (Å²) in [5.74, 6) is -1.79. The molecule has 124 valence electrons. The summed E-state index contributed by atoms with van der Waals surface area (Å²) < 4.78 is 5.05. The summed E-state index contributed by atoms with van der Waals surface area (Å²) in [5.41, 5.74) is 6.06. The largest absolute Gasteiger partial charge is 0.497 e. The number of hydrogen-bond acceptors (Lipinski definition) is 4. The fraction of sp³-hybridized carbons (Fsp3) is 0.312. The van der Waals surface area contributed by atoms with Gasteiger partial charge in [0.05, 0.1) is 7.11 Å². The molecule has 1 aromatic carbocycles. The molecule has 0 saturated carbocycles.